The van der Waals surface area contributed by atoms with E-state index in [4.69, 9.17) is 0 Å². The maximum Gasteiger partial charge on any atom is 0.217 e. The Bertz CT molecular complexity index is 476. The van der Waals surface area contributed by atoms with Crippen LogP contribution >= 0.6 is 15.9 Å². The molecule has 0 aliphatic carbocycles. The zero-order valence-corrected chi connectivity index (χ0v) is 10.3. The van der Waals surface area contributed by atoms with Crippen LogP contribution in [-0.2, 0) is 13.5 Å². The van der Waals surface area contributed by atoms with E-state index in [1.807, 2.05) is 19.2 Å². The summed E-state index contributed by atoms with van der Waals surface area (Å²) in [5.74, 6) is 0.902. The van der Waals surface area contributed by atoms with Gasteiger partial charge in [0.2, 0.25) is 4.73 Å². The highest BCUT2D eigenvalue weighted by molar-refractivity contribution is 9.10. The number of nitrogens with zero attached hydrogens (tertiary/aromatic N) is 3. The van der Waals surface area contributed by atoms with Crippen molar-refractivity contribution < 1.29 is 0 Å². The van der Waals surface area contributed by atoms with E-state index < -0.39 is 0 Å². The van der Waals surface area contributed by atoms with Gasteiger partial charge in [-0.25, -0.2) is 9.67 Å². The predicted octanol–water partition coefficient (Wildman–Crippen LogP) is 2.81. The number of hydrogen-bond donors (Lipinski definition) is 0. The largest absolute Gasteiger partial charge is 0.248 e. The van der Waals surface area contributed by atoms with Gasteiger partial charge in [0, 0.05) is 12.6 Å². The Morgan fingerprint density at radius 1 is 1.33 bits per heavy atom. The van der Waals surface area contributed by atoms with E-state index in [-0.39, 0.29) is 0 Å². The minimum atomic E-state index is 0.630. The first-order chi connectivity index (χ1) is 7.22. The van der Waals surface area contributed by atoms with Gasteiger partial charge in [-0.05, 0) is 27.9 Å². The summed E-state index contributed by atoms with van der Waals surface area (Å²) in [5, 5.41) is 4.19. The average molecular weight is 266 g/mol. The standard InChI is InChI=1S/C11H12BrN3/c1-3-8-6-4-5-7-9(8)10-13-11(12)14-15(10)2/h4-7H,3H2,1-2H3. The van der Waals surface area contributed by atoms with E-state index in [0.717, 1.165) is 17.8 Å². The van der Waals surface area contributed by atoms with Crippen LogP contribution < -0.4 is 0 Å². The van der Waals surface area contributed by atoms with E-state index >= 15 is 0 Å². The van der Waals surface area contributed by atoms with E-state index in [0.29, 0.717) is 4.73 Å². The Labute approximate surface area is 97.3 Å². The molecule has 15 heavy (non-hydrogen) atoms. The lowest BCUT2D eigenvalue weighted by Gasteiger charge is -2.05. The van der Waals surface area contributed by atoms with Crippen molar-refractivity contribution in [3.05, 3.63) is 34.6 Å². The van der Waals surface area contributed by atoms with Crippen LogP contribution in [0.25, 0.3) is 11.4 Å². The Morgan fingerprint density at radius 3 is 2.67 bits per heavy atom. The second kappa shape index (κ2) is 4.14. The smallest absolute Gasteiger partial charge is 0.217 e. The molecular weight excluding hydrogens is 254 g/mol. The molecule has 0 amide bonds. The van der Waals surface area contributed by atoms with Crippen molar-refractivity contribution in [2.45, 2.75) is 13.3 Å². The number of aryl methyl sites for hydroxylation is 2. The molecule has 1 aromatic carbocycles. The van der Waals surface area contributed by atoms with Crippen molar-refractivity contribution >= 4 is 15.9 Å². The molecule has 1 heterocycles. The van der Waals surface area contributed by atoms with E-state index in [2.05, 4.69) is 45.1 Å². The summed E-state index contributed by atoms with van der Waals surface area (Å²) in [6.07, 6.45) is 1.00. The van der Waals surface area contributed by atoms with Crippen molar-refractivity contribution in [2.24, 2.45) is 7.05 Å². The number of hydrogen-bond acceptors (Lipinski definition) is 2. The van der Waals surface area contributed by atoms with Crippen LogP contribution in [0.3, 0.4) is 0 Å². The van der Waals surface area contributed by atoms with Gasteiger partial charge in [-0.1, -0.05) is 31.2 Å². The Balaban J connectivity index is 2.58. The van der Waals surface area contributed by atoms with Crippen molar-refractivity contribution in [1.29, 1.82) is 0 Å². The number of halogens is 1. The zero-order chi connectivity index (χ0) is 10.8. The van der Waals surface area contributed by atoms with Crippen LogP contribution in [0.5, 0.6) is 0 Å². The summed E-state index contributed by atoms with van der Waals surface area (Å²) in [6.45, 7) is 2.14. The first-order valence-electron chi connectivity index (χ1n) is 4.87. The summed E-state index contributed by atoms with van der Waals surface area (Å²) in [7, 11) is 1.90. The highest BCUT2D eigenvalue weighted by Crippen LogP contribution is 2.22. The summed E-state index contributed by atoms with van der Waals surface area (Å²) < 4.78 is 2.42. The number of aromatic nitrogens is 3. The summed E-state index contributed by atoms with van der Waals surface area (Å²) >= 11 is 3.28. The van der Waals surface area contributed by atoms with Crippen LogP contribution in [0.15, 0.2) is 29.0 Å². The van der Waals surface area contributed by atoms with Gasteiger partial charge in [0.1, 0.15) is 0 Å². The minimum Gasteiger partial charge on any atom is -0.248 e. The second-order valence-electron chi connectivity index (χ2n) is 3.34. The minimum absolute atomic E-state index is 0.630. The number of rotatable bonds is 2. The lowest BCUT2D eigenvalue weighted by atomic mass is 10.1. The molecule has 0 saturated heterocycles. The first kappa shape index (κ1) is 10.4. The molecule has 0 saturated carbocycles. The van der Waals surface area contributed by atoms with Gasteiger partial charge < -0.3 is 0 Å². The van der Waals surface area contributed by atoms with Gasteiger partial charge in [-0.15, -0.1) is 5.10 Å². The molecule has 0 fully saturated rings. The van der Waals surface area contributed by atoms with Gasteiger partial charge in [0.15, 0.2) is 5.82 Å². The highest BCUT2D eigenvalue weighted by Gasteiger charge is 2.10. The maximum absolute atomic E-state index is 4.36. The van der Waals surface area contributed by atoms with Crippen LogP contribution in [-0.4, -0.2) is 14.8 Å². The molecule has 1 aromatic heterocycles. The third-order valence-electron chi connectivity index (χ3n) is 2.38. The highest BCUT2D eigenvalue weighted by atomic mass is 79.9. The Hall–Kier alpha value is -1.16. The predicted molar refractivity (Wildman–Crippen MR) is 63.5 cm³/mol. The zero-order valence-electron chi connectivity index (χ0n) is 8.74. The summed E-state index contributed by atoms with van der Waals surface area (Å²) in [5.41, 5.74) is 2.45. The molecule has 0 spiro atoms. The van der Waals surface area contributed by atoms with Crippen LogP contribution in [0.2, 0.25) is 0 Å². The van der Waals surface area contributed by atoms with Crippen molar-refractivity contribution in [3.8, 4) is 11.4 Å². The monoisotopic (exact) mass is 265 g/mol. The molecule has 0 atom stereocenters. The second-order valence-corrected chi connectivity index (χ2v) is 4.05. The molecular formula is C11H12BrN3. The normalized spacial score (nSPS) is 10.6. The first-order valence-corrected chi connectivity index (χ1v) is 5.66. The molecule has 4 heteroatoms. The van der Waals surface area contributed by atoms with Crippen molar-refractivity contribution in [3.63, 3.8) is 0 Å². The number of benzene rings is 1. The molecule has 0 radical (unpaired) electrons. The van der Waals surface area contributed by atoms with Gasteiger partial charge in [0.05, 0.1) is 0 Å². The fourth-order valence-corrected chi connectivity index (χ4v) is 2.04. The van der Waals surface area contributed by atoms with Crippen LogP contribution in [0.4, 0.5) is 0 Å². The molecule has 0 N–H and O–H groups in total. The Morgan fingerprint density at radius 2 is 2.07 bits per heavy atom. The van der Waals surface area contributed by atoms with Crippen molar-refractivity contribution in [1.82, 2.24) is 14.8 Å². The molecule has 3 nitrogen and oxygen atoms in total. The fraction of sp³-hybridized carbons (Fsp3) is 0.273. The van der Waals surface area contributed by atoms with E-state index in [1.54, 1.807) is 4.68 Å². The SMILES string of the molecule is CCc1ccccc1-c1nc(Br)nn1C. The maximum atomic E-state index is 4.36. The van der Waals surface area contributed by atoms with Crippen LogP contribution in [0.1, 0.15) is 12.5 Å². The van der Waals surface area contributed by atoms with Gasteiger partial charge in [0.25, 0.3) is 0 Å². The Kier molecular flexibility index (Phi) is 2.86. The molecule has 78 valence electrons. The topological polar surface area (TPSA) is 30.7 Å². The quantitative estimate of drug-likeness (QED) is 0.836. The average Bonchev–Trinajstić information content (AvgIpc) is 2.57. The lowest BCUT2D eigenvalue weighted by Crippen LogP contribution is -1.97. The summed E-state index contributed by atoms with van der Waals surface area (Å²) in [4.78, 5) is 4.36. The molecule has 2 rings (SSSR count). The molecule has 0 bridgehead atoms. The lowest BCUT2D eigenvalue weighted by molar-refractivity contribution is 0.767. The fourth-order valence-electron chi connectivity index (χ4n) is 1.63. The molecule has 0 aliphatic rings. The molecule has 0 unspecified atom stereocenters. The third kappa shape index (κ3) is 1.95. The van der Waals surface area contributed by atoms with Gasteiger partial charge in [-0.2, -0.15) is 0 Å². The third-order valence-corrected chi connectivity index (χ3v) is 2.71. The van der Waals surface area contributed by atoms with Crippen molar-refractivity contribution in [2.75, 3.05) is 0 Å². The van der Waals surface area contributed by atoms with Crippen LogP contribution in [0, 0.1) is 0 Å². The van der Waals surface area contributed by atoms with E-state index in [1.165, 1.54) is 5.56 Å². The summed E-state index contributed by atoms with van der Waals surface area (Å²) in [6, 6.07) is 8.28. The molecule has 2 aromatic rings. The van der Waals surface area contributed by atoms with Gasteiger partial charge in [-0.3, -0.25) is 0 Å². The van der Waals surface area contributed by atoms with Gasteiger partial charge >= 0.3 is 0 Å². The van der Waals surface area contributed by atoms with E-state index in [9.17, 15) is 0 Å². The molecule has 0 aliphatic heterocycles.